The largest absolute Gasteiger partial charge is 0.490 e. The molecule has 1 heterocycles. The molecule has 0 atom stereocenters. The summed E-state index contributed by atoms with van der Waals surface area (Å²) in [4.78, 5) is 14.5. The standard InChI is InChI=1S/C21H26N2O3/c24-21(17-23-13-7-2-8-14-23)22-19-11-5-6-12-20(19)26-16-15-25-18-9-3-1-4-10-18/h1,3-6,9-12H,2,7-8,13-17H2,(H,22,24). The molecule has 2 aromatic rings. The van der Waals surface area contributed by atoms with Gasteiger partial charge in [-0.05, 0) is 50.2 Å². The van der Waals surface area contributed by atoms with E-state index in [-0.39, 0.29) is 5.91 Å². The van der Waals surface area contributed by atoms with Gasteiger partial charge in [0.05, 0.1) is 12.2 Å². The number of para-hydroxylation sites is 3. The lowest BCUT2D eigenvalue weighted by atomic mass is 10.1. The van der Waals surface area contributed by atoms with Crippen LogP contribution < -0.4 is 14.8 Å². The van der Waals surface area contributed by atoms with Crippen molar-refractivity contribution in [2.45, 2.75) is 19.3 Å². The maximum atomic E-state index is 12.3. The highest BCUT2D eigenvalue weighted by Crippen LogP contribution is 2.24. The summed E-state index contributed by atoms with van der Waals surface area (Å²) in [5.74, 6) is 1.49. The van der Waals surface area contributed by atoms with Crippen LogP contribution in [0.3, 0.4) is 0 Å². The fraction of sp³-hybridized carbons (Fsp3) is 0.381. The van der Waals surface area contributed by atoms with Gasteiger partial charge in [-0.2, -0.15) is 0 Å². The Bertz CT molecular complexity index is 685. The molecule has 1 N–H and O–H groups in total. The summed E-state index contributed by atoms with van der Waals surface area (Å²) in [6.45, 7) is 3.30. The van der Waals surface area contributed by atoms with Gasteiger partial charge in [0.15, 0.2) is 0 Å². The maximum Gasteiger partial charge on any atom is 0.238 e. The second kappa shape index (κ2) is 9.82. The first-order chi connectivity index (χ1) is 12.8. The Balaban J connectivity index is 1.46. The number of hydrogen-bond acceptors (Lipinski definition) is 4. The number of nitrogens with one attached hydrogen (secondary N) is 1. The molecule has 138 valence electrons. The van der Waals surface area contributed by atoms with Crippen LogP contribution in [0.25, 0.3) is 0 Å². The van der Waals surface area contributed by atoms with Crippen LogP contribution in [0.15, 0.2) is 54.6 Å². The molecule has 5 nitrogen and oxygen atoms in total. The molecule has 26 heavy (non-hydrogen) atoms. The molecule has 5 heteroatoms. The molecular weight excluding hydrogens is 328 g/mol. The second-order valence-corrected chi connectivity index (χ2v) is 6.39. The third kappa shape index (κ3) is 5.77. The van der Waals surface area contributed by atoms with Gasteiger partial charge in [-0.15, -0.1) is 0 Å². The van der Waals surface area contributed by atoms with E-state index in [4.69, 9.17) is 9.47 Å². The molecule has 1 aliphatic rings. The Hall–Kier alpha value is -2.53. The summed E-state index contributed by atoms with van der Waals surface area (Å²) in [5.41, 5.74) is 0.703. The van der Waals surface area contributed by atoms with Crippen molar-refractivity contribution >= 4 is 11.6 Å². The van der Waals surface area contributed by atoms with Crippen molar-refractivity contribution in [3.63, 3.8) is 0 Å². The monoisotopic (exact) mass is 354 g/mol. The summed E-state index contributed by atoms with van der Waals surface area (Å²) in [6.07, 6.45) is 3.61. The van der Waals surface area contributed by atoms with Crippen LogP contribution in [0.1, 0.15) is 19.3 Å². The Labute approximate surface area is 154 Å². The van der Waals surface area contributed by atoms with Gasteiger partial charge in [-0.25, -0.2) is 0 Å². The number of benzene rings is 2. The molecule has 0 saturated carbocycles. The highest BCUT2D eigenvalue weighted by Gasteiger charge is 2.15. The quantitative estimate of drug-likeness (QED) is 0.737. The highest BCUT2D eigenvalue weighted by atomic mass is 16.5. The minimum absolute atomic E-state index is 0.00323. The molecule has 1 amide bonds. The molecule has 1 saturated heterocycles. The first-order valence-corrected chi connectivity index (χ1v) is 9.23. The highest BCUT2D eigenvalue weighted by molar-refractivity contribution is 5.93. The molecule has 3 rings (SSSR count). The number of anilines is 1. The summed E-state index contributed by atoms with van der Waals surface area (Å²) in [7, 11) is 0. The van der Waals surface area contributed by atoms with Crippen LogP contribution in [-0.2, 0) is 4.79 Å². The Morgan fingerprint density at radius 3 is 2.38 bits per heavy atom. The van der Waals surface area contributed by atoms with E-state index >= 15 is 0 Å². The number of carbonyl (C=O) groups excluding carboxylic acids is 1. The zero-order valence-corrected chi connectivity index (χ0v) is 15.0. The number of carbonyl (C=O) groups is 1. The average molecular weight is 354 g/mol. The van der Waals surface area contributed by atoms with E-state index in [9.17, 15) is 4.79 Å². The summed E-state index contributed by atoms with van der Waals surface area (Å²) >= 11 is 0. The topological polar surface area (TPSA) is 50.8 Å². The normalized spacial score (nSPS) is 14.6. The van der Waals surface area contributed by atoms with Gasteiger partial charge in [0, 0.05) is 0 Å². The SMILES string of the molecule is O=C(CN1CCCCC1)Nc1ccccc1OCCOc1ccccc1. The predicted octanol–water partition coefficient (Wildman–Crippen LogP) is 3.57. The van der Waals surface area contributed by atoms with Crippen molar-refractivity contribution in [2.75, 3.05) is 38.2 Å². The van der Waals surface area contributed by atoms with Gasteiger partial charge in [0.1, 0.15) is 24.7 Å². The van der Waals surface area contributed by atoms with Gasteiger partial charge in [-0.3, -0.25) is 9.69 Å². The second-order valence-electron chi connectivity index (χ2n) is 6.39. The first-order valence-electron chi connectivity index (χ1n) is 9.23. The number of ether oxygens (including phenoxy) is 2. The van der Waals surface area contributed by atoms with E-state index in [1.807, 2.05) is 54.6 Å². The Morgan fingerprint density at radius 1 is 0.885 bits per heavy atom. The Kier molecular flexibility index (Phi) is 6.90. The third-order valence-corrected chi connectivity index (χ3v) is 4.33. The van der Waals surface area contributed by atoms with E-state index in [1.54, 1.807) is 0 Å². The van der Waals surface area contributed by atoms with Gasteiger partial charge in [-0.1, -0.05) is 36.8 Å². The van der Waals surface area contributed by atoms with Crippen LogP contribution in [0, 0.1) is 0 Å². The van der Waals surface area contributed by atoms with Crippen LogP contribution >= 0.6 is 0 Å². The molecule has 0 unspecified atom stereocenters. The number of piperidine rings is 1. The van der Waals surface area contributed by atoms with E-state index in [0.717, 1.165) is 18.8 Å². The van der Waals surface area contributed by atoms with Crippen molar-refractivity contribution in [2.24, 2.45) is 0 Å². The fourth-order valence-electron chi connectivity index (χ4n) is 3.03. The lowest BCUT2D eigenvalue weighted by molar-refractivity contribution is -0.117. The molecule has 0 spiro atoms. The Morgan fingerprint density at radius 2 is 1.58 bits per heavy atom. The first kappa shape index (κ1) is 18.3. The van der Waals surface area contributed by atoms with E-state index in [0.29, 0.717) is 31.2 Å². The zero-order chi connectivity index (χ0) is 18.0. The van der Waals surface area contributed by atoms with Crippen molar-refractivity contribution in [3.8, 4) is 11.5 Å². The van der Waals surface area contributed by atoms with Crippen LogP contribution in [-0.4, -0.2) is 43.7 Å². The lowest BCUT2D eigenvalue weighted by Gasteiger charge is -2.25. The minimum Gasteiger partial charge on any atom is -0.490 e. The summed E-state index contributed by atoms with van der Waals surface area (Å²) in [6, 6.07) is 17.2. The van der Waals surface area contributed by atoms with Crippen LogP contribution in [0.2, 0.25) is 0 Å². The summed E-state index contributed by atoms with van der Waals surface area (Å²) in [5, 5.41) is 2.97. The average Bonchev–Trinajstić information content (AvgIpc) is 2.68. The molecule has 0 radical (unpaired) electrons. The number of nitrogens with zero attached hydrogens (tertiary/aromatic N) is 1. The van der Waals surface area contributed by atoms with Crippen LogP contribution in [0.4, 0.5) is 5.69 Å². The molecule has 1 aliphatic heterocycles. The van der Waals surface area contributed by atoms with Gasteiger partial charge in [0.25, 0.3) is 0 Å². The van der Waals surface area contributed by atoms with Gasteiger partial charge in [0.2, 0.25) is 5.91 Å². The van der Waals surface area contributed by atoms with Gasteiger partial charge < -0.3 is 14.8 Å². The lowest BCUT2D eigenvalue weighted by Crippen LogP contribution is -2.36. The van der Waals surface area contributed by atoms with Crippen molar-refractivity contribution in [1.82, 2.24) is 4.90 Å². The van der Waals surface area contributed by atoms with Crippen LogP contribution in [0.5, 0.6) is 11.5 Å². The summed E-state index contributed by atoms with van der Waals surface area (Å²) < 4.78 is 11.4. The number of likely N-dealkylation sites (tertiary alicyclic amines) is 1. The van der Waals surface area contributed by atoms with E-state index in [2.05, 4.69) is 10.2 Å². The van der Waals surface area contributed by atoms with E-state index in [1.165, 1.54) is 19.3 Å². The van der Waals surface area contributed by atoms with Crippen molar-refractivity contribution < 1.29 is 14.3 Å². The zero-order valence-electron chi connectivity index (χ0n) is 15.0. The number of amides is 1. The smallest absolute Gasteiger partial charge is 0.238 e. The van der Waals surface area contributed by atoms with Crippen molar-refractivity contribution in [1.29, 1.82) is 0 Å². The van der Waals surface area contributed by atoms with E-state index < -0.39 is 0 Å². The fourth-order valence-corrected chi connectivity index (χ4v) is 3.03. The minimum atomic E-state index is 0.00323. The van der Waals surface area contributed by atoms with Crippen molar-refractivity contribution in [3.05, 3.63) is 54.6 Å². The van der Waals surface area contributed by atoms with Gasteiger partial charge >= 0.3 is 0 Å². The molecule has 1 fully saturated rings. The predicted molar refractivity (Wildman–Crippen MR) is 103 cm³/mol. The third-order valence-electron chi connectivity index (χ3n) is 4.33. The number of hydrogen-bond donors (Lipinski definition) is 1. The molecular formula is C21H26N2O3. The molecule has 0 aliphatic carbocycles. The number of rotatable bonds is 8. The maximum absolute atomic E-state index is 12.3. The molecule has 0 aromatic heterocycles. The molecule has 2 aromatic carbocycles. The molecule has 0 bridgehead atoms.